The molecule has 1 aromatic heterocycles. The van der Waals surface area contributed by atoms with Gasteiger partial charge in [-0.15, -0.1) is 10.2 Å². The molecule has 3 aromatic rings. The Morgan fingerprint density at radius 3 is 2.59 bits per heavy atom. The normalized spacial score (nSPS) is 15.9. The highest BCUT2D eigenvalue weighted by Gasteiger charge is 2.33. The van der Waals surface area contributed by atoms with Gasteiger partial charge in [0, 0.05) is 17.4 Å². The number of carbonyl (C=O) groups excluding carboxylic acids is 1. The van der Waals surface area contributed by atoms with Crippen LogP contribution in [-0.2, 0) is 26.7 Å². The molecule has 1 amide bonds. The Balaban J connectivity index is 1.94. The number of phenols is 1. The minimum atomic E-state index is -4.65. The van der Waals surface area contributed by atoms with Gasteiger partial charge < -0.3 is 10.4 Å². The van der Waals surface area contributed by atoms with Crippen molar-refractivity contribution in [2.24, 2.45) is 5.14 Å². The molecule has 34 heavy (non-hydrogen) atoms. The van der Waals surface area contributed by atoms with Crippen molar-refractivity contribution in [2.75, 3.05) is 5.32 Å². The number of phenolic OH excluding ortho intramolecular Hbond substituents is 1. The number of halogens is 3. The summed E-state index contributed by atoms with van der Waals surface area (Å²) in [6.45, 7) is 1.91. The number of primary sulfonamides is 1. The lowest BCUT2D eigenvalue weighted by molar-refractivity contribution is -0.137. The number of aromatic hydroxyl groups is 1. The van der Waals surface area contributed by atoms with Gasteiger partial charge >= 0.3 is 6.18 Å². The number of nitrogens with two attached hydrogens (primary N) is 1. The van der Waals surface area contributed by atoms with Crippen molar-refractivity contribution in [3.8, 4) is 22.8 Å². The van der Waals surface area contributed by atoms with Crippen LogP contribution in [-0.4, -0.2) is 34.2 Å². The van der Waals surface area contributed by atoms with Crippen molar-refractivity contribution in [3.63, 3.8) is 0 Å². The standard InChI is InChI=1S/C21H20F3N5O4S/c1-2-4-13-14-8-15(17(30)9-16(14)26-20(13)31)19-28-27-18(10-34(25,32)33)29(19)12-6-3-5-11(7-12)21(22,23)24/h3,5-9,13,30H,2,4,10H2,1H3,(H,26,31)(H2,25,32,33). The van der Waals surface area contributed by atoms with Crippen LogP contribution in [0.2, 0.25) is 0 Å². The van der Waals surface area contributed by atoms with E-state index in [4.69, 9.17) is 5.14 Å². The fraction of sp³-hybridized carbons (Fsp3) is 0.286. The van der Waals surface area contributed by atoms with Gasteiger partial charge in [0.2, 0.25) is 15.9 Å². The quantitative estimate of drug-likeness (QED) is 0.479. The van der Waals surface area contributed by atoms with Crippen molar-refractivity contribution in [3.05, 3.63) is 53.3 Å². The summed E-state index contributed by atoms with van der Waals surface area (Å²) in [5, 5.41) is 26.3. The van der Waals surface area contributed by atoms with Crippen LogP contribution in [0.4, 0.5) is 18.9 Å². The predicted octanol–water partition coefficient (Wildman–Crippen LogP) is 3.28. The van der Waals surface area contributed by atoms with E-state index in [1.165, 1.54) is 18.2 Å². The van der Waals surface area contributed by atoms with E-state index in [1.807, 2.05) is 6.92 Å². The Kier molecular flexibility index (Phi) is 5.85. The van der Waals surface area contributed by atoms with E-state index in [0.717, 1.165) is 22.8 Å². The molecule has 1 atom stereocenters. The number of amides is 1. The molecule has 0 aliphatic carbocycles. The third-order valence-electron chi connectivity index (χ3n) is 5.43. The average Bonchev–Trinajstić information content (AvgIpc) is 3.26. The number of benzene rings is 2. The summed E-state index contributed by atoms with van der Waals surface area (Å²) in [5.74, 6) is -2.18. The topological polar surface area (TPSA) is 140 Å². The van der Waals surface area contributed by atoms with Crippen LogP contribution in [0.1, 0.15) is 42.6 Å². The number of fused-ring (bicyclic) bond motifs is 1. The average molecular weight is 495 g/mol. The summed E-state index contributed by atoms with van der Waals surface area (Å²) in [6, 6.07) is 7.00. The van der Waals surface area contributed by atoms with Gasteiger partial charge in [-0.25, -0.2) is 13.6 Å². The second-order valence-corrected chi connectivity index (χ2v) is 9.53. The number of nitrogens with zero attached hydrogens (tertiary/aromatic N) is 3. The molecule has 180 valence electrons. The van der Waals surface area contributed by atoms with E-state index >= 15 is 0 Å². The van der Waals surface area contributed by atoms with Crippen LogP contribution in [0.25, 0.3) is 17.1 Å². The molecule has 1 unspecified atom stereocenters. The maximum atomic E-state index is 13.3. The van der Waals surface area contributed by atoms with Gasteiger partial charge in [0.25, 0.3) is 0 Å². The Bertz CT molecular complexity index is 1390. The van der Waals surface area contributed by atoms with Crippen LogP contribution in [0.5, 0.6) is 5.75 Å². The fourth-order valence-corrected chi connectivity index (χ4v) is 4.52. The lowest BCUT2D eigenvalue weighted by Crippen LogP contribution is -2.18. The van der Waals surface area contributed by atoms with Crippen molar-refractivity contribution >= 4 is 21.6 Å². The number of aromatic nitrogens is 3. The van der Waals surface area contributed by atoms with Gasteiger partial charge in [-0.2, -0.15) is 13.2 Å². The summed E-state index contributed by atoms with van der Waals surface area (Å²) in [5.41, 5.74) is 0.0302. The number of hydrogen-bond acceptors (Lipinski definition) is 6. The fourth-order valence-electron chi connectivity index (χ4n) is 3.97. The molecule has 0 fully saturated rings. The van der Waals surface area contributed by atoms with Crippen molar-refractivity contribution in [1.82, 2.24) is 14.8 Å². The number of rotatable bonds is 6. The number of nitrogens with one attached hydrogen (secondary N) is 1. The Hall–Kier alpha value is -3.45. The number of alkyl halides is 3. The Labute approximate surface area is 192 Å². The maximum Gasteiger partial charge on any atom is 0.416 e. The van der Waals surface area contributed by atoms with Crippen molar-refractivity contribution in [1.29, 1.82) is 0 Å². The summed E-state index contributed by atoms with van der Waals surface area (Å²) in [4.78, 5) is 12.3. The third kappa shape index (κ3) is 4.48. The number of sulfonamides is 1. The second-order valence-electron chi connectivity index (χ2n) is 7.92. The smallest absolute Gasteiger partial charge is 0.416 e. The SMILES string of the molecule is CCCC1C(=O)Nc2cc(O)c(-c3nnc(CS(N)(=O)=O)n3-c3cccc(C(F)(F)F)c3)cc21. The minimum Gasteiger partial charge on any atom is -0.507 e. The largest absolute Gasteiger partial charge is 0.507 e. The second kappa shape index (κ2) is 8.40. The first-order valence-corrected chi connectivity index (χ1v) is 11.9. The minimum absolute atomic E-state index is 0.0712. The van der Waals surface area contributed by atoms with E-state index in [-0.39, 0.29) is 34.6 Å². The molecule has 13 heteroatoms. The lowest BCUT2D eigenvalue weighted by Gasteiger charge is -2.15. The molecule has 0 bridgehead atoms. The molecule has 0 saturated carbocycles. The molecule has 4 N–H and O–H groups in total. The zero-order chi connectivity index (χ0) is 24.8. The number of anilines is 1. The molecule has 2 heterocycles. The monoisotopic (exact) mass is 495 g/mol. The lowest BCUT2D eigenvalue weighted by atomic mass is 9.94. The van der Waals surface area contributed by atoms with Crippen LogP contribution in [0.3, 0.4) is 0 Å². The first kappa shape index (κ1) is 23.7. The van der Waals surface area contributed by atoms with Gasteiger partial charge in [0.05, 0.1) is 17.0 Å². The summed E-state index contributed by atoms with van der Waals surface area (Å²) in [7, 11) is -4.12. The van der Waals surface area contributed by atoms with Gasteiger partial charge in [0.1, 0.15) is 11.5 Å². The van der Waals surface area contributed by atoms with Gasteiger partial charge in [0.15, 0.2) is 11.6 Å². The molecule has 9 nitrogen and oxygen atoms in total. The molecule has 0 radical (unpaired) electrons. The molecular formula is C21H20F3N5O4S. The summed E-state index contributed by atoms with van der Waals surface area (Å²) >= 11 is 0. The highest BCUT2D eigenvalue weighted by Crippen LogP contribution is 2.43. The van der Waals surface area contributed by atoms with E-state index in [0.29, 0.717) is 24.1 Å². The molecule has 1 aliphatic rings. The van der Waals surface area contributed by atoms with E-state index in [1.54, 1.807) is 0 Å². The first-order valence-electron chi connectivity index (χ1n) is 10.2. The van der Waals surface area contributed by atoms with Crippen molar-refractivity contribution in [2.45, 2.75) is 37.6 Å². The van der Waals surface area contributed by atoms with E-state index < -0.39 is 33.4 Å². The van der Waals surface area contributed by atoms with Gasteiger partial charge in [-0.05, 0) is 36.2 Å². The summed E-state index contributed by atoms with van der Waals surface area (Å²) < 4.78 is 64.6. The Morgan fingerprint density at radius 2 is 1.94 bits per heavy atom. The van der Waals surface area contributed by atoms with Crippen LogP contribution >= 0.6 is 0 Å². The van der Waals surface area contributed by atoms with Crippen LogP contribution in [0, 0.1) is 0 Å². The molecule has 1 aliphatic heterocycles. The zero-order valence-electron chi connectivity index (χ0n) is 17.8. The Morgan fingerprint density at radius 1 is 1.21 bits per heavy atom. The molecular weight excluding hydrogens is 475 g/mol. The third-order valence-corrected chi connectivity index (χ3v) is 6.09. The van der Waals surface area contributed by atoms with Crippen LogP contribution < -0.4 is 10.5 Å². The highest BCUT2D eigenvalue weighted by molar-refractivity contribution is 7.88. The van der Waals surface area contributed by atoms with Gasteiger partial charge in [-0.1, -0.05) is 19.4 Å². The molecule has 0 spiro atoms. The highest BCUT2D eigenvalue weighted by atomic mass is 32.2. The summed E-state index contributed by atoms with van der Waals surface area (Å²) in [6.07, 6.45) is -3.40. The maximum absolute atomic E-state index is 13.3. The molecule has 4 rings (SSSR count). The number of hydrogen-bond donors (Lipinski definition) is 3. The van der Waals surface area contributed by atoms with E-state index in [2.05, 4.69) is 15.5 Å². The molecule has 0 saturated heterocycles. The van der Waals surface area contributed by atoms with Crippen molar-refractivity contribution < 1.29 is 31.5 Å². The van der Waals surface area contributed by atoms with E-state index in [9.17, 15) is 31.5 Å². The number of carbonyl (C=O) groups is 1. The van der Waals surface area contributed by atoms with Crippen LogP contribution in [0.15, 0.2) is 36.4 Å². The predicted molar refractivity (Wildman–Crippen MR) is 117 cm³/mol. The first-order chi connectivity index (χ1) is 15.9. The zero-order valence-corrected chi connectivity index (χ0v) is 18.6. The van der Waals surface area contributed by atoms with Gasteiger partial charge in [-0.3, -0.25) is 9.36 Å². The molecule has 2 aromatic carbocycles.